The van der Waals surface area contributed by atoms with E-state index in [-0.39, 0.29) is 11.8 Å². The molecule has 1 aromatic heterocycles. The maximum absolute atomic E-state index is 12.5. The van der Waals surface area contributed by atoms with Gasteiger partial charge < -0.3 is 15.0 Å². The molecule has 5 nitrogen and oxygen atoms in total. The number of aromatic nitrogens is 2. The first-order valence-corrected chi connectivity index (χ1v) is 9.55. The first-order chi connectivity index (χ1) is 13.3. The summed E-state index contributed by atoms with van der Waals surface area (Å²) in [6, 6.07) is 6.80. The van der Waals surface area contributed by atoms with Crippen LogP contribution in [0.1, 0.15) is 49.4 Å². The van der Waals surface area contributed by atoms with E-state index in [0.29, 0.717) is 18.4 Å². The predicted molar refractivity (Wildman–Crippen MR) is 101 cm³/mol. The molecule has 1 N–H and O–H groups in total. The monoisotopic (exact) mass is 392 g/mol. The van der Waals surface area contributed by atoms with Gasteiger partial charge in [-0.3, -0.25) is 0 Å². The standard InChI is InChI=1S/C20H23F3N4O/c1-12(2)24-19-25-17(14-3-4-14)10-18(26-19)27-8-7-13-5-6-16(9-15(13)11-27)28-20(21,22)23/h5-6,9-10,12,14H,3-4,7-8,11H2,1-2H3,(H,24,25,26). The molecule has 1 fully saturated rings. The zero-order chi connectivity index (χ0) is 19.9. The molecule has 1 saturated carbocycles. The van der Waals surface area contributed by atoms with Crippen LogP contribution in [-0.2, 0) is 13.0 Å². The van der Waals surface area contributed by atoms with Gasteiger partial charge in [0.25, 0.3) is 0 Å². The zero-order valence-corrected chi connectivity index (χ0v) is 15.9. The van der Waals surface area contributed by atoms with Crippen LogP contribution in [0.25, 0.3) is 0 Å². The number of fused-ring (bicyclic) bond motifs is 1. The van der Waals surface area contributed by atoms with Gasteiger partial charge in [0.15, 0.2) is 0 Å². The van der Waals surface area contributed by atoms with Crippen LogP contribution in [0.3, 0.4) is 0 Å². The van der Waals surface area contributed by atoms with E-state index < -0.39 is 6.36 Å². The summed E-state index contributed by atoms with van der Waals surface area (Å²) in [5.41, 5.74) is 2.91. The number of nitrogens with one attached hydrogen (secondary N) is 1. The molecule has 0 bridgehead atoms. The number of nitrogens with zero attached hydrogens (tertiary/aromatic N) is 3. The van der Waals surface area contributed by atoms with Gasteiger partial charge in [0.2, 0.25) is 5.95 Å². The summed E-state index contributed by atoms with van der Waals surface area (Å²) in [5, 5.41) is 3.27. The fourth-order valence-corrected chi connectivity index (χ4v) is 3.45. The van der Waals surface area contributed by atoms with Crippen molar-refractivity contribution in [3.8, 4) is 5.75 Å². The van der Waals surface area contributed by atoms with Crippen molar-refractivity contribution in [1.29, 1.82) is 0 Å². The highest BCUT2D eigenvalue weighted by molar-refractivity contribution is 5.50. The highest BCUT2D eigenvalue weighted by Gasteiger charge is 2.32. The fraction of sp³-hybridized carbons (Fsp3) is 0.500. The van der Waals surface area contributed by atoms with Gasteiger partial charge in [0, 0.05) is 31.1 Å². The molecule has 150 valence electrons. The van der Waals surface area contributed by atoms with E-state index in [1.165, 1.54) is 12.1 Å². The Balaban J connectivity index is 1.59. The number of benzene rings is 1. The quantitative estimate of drug-likeness (QED) is 0.804. The van der Waals surface area contributed by atoms with Gasteiger partial charge >= 0.3 is 6.36 Å². The van der Waals surface area contributed by atoms with Crippen molar-refractivity contribution in [3.05, 3.63) is 41.1 Å². The minimum absolute atomic E-state index is 0.184. The SMILES string of the molecule is CC(C)Nc1nc(C2CC2)cc(N2CCc3ccc(OC(F)(F)F)cc3C2)n1. The summed E-state index contributed by atoms with van der Waals surface area (Å²) in [4.78, 5) is 11.4. The molecule has 1 aromatic carbocycles. The molecule has 0 unspecified atom stereocenters. The molecule has 28 heavy (non-hydrogen) atoms. The van der Waals surface area contributed by atoms with E-state index in [1.54, 1.807) is 6.07 Å². The summed E-state index contributed by atoms with van der Waals surface area (Å²) in [7, 11) is 0. The maximum Gasteiger partial charge on any atom is 0.573 e. The van der Waals surface area contributed by atoms with E-state index in [1.807, 2.05) is 19.9 Å². The zero-order valence-electron chi connectivity index (χ0n) is 15.9. The molecule has 1 aliphatic heterocycles. The maximum atomic E-state index is 12.5. The molecular weight excluding hydrogens is 369 g/mol. The average molecular weight is 392 g/mol. The second kappa shape index (κ2) is 7.14. The molecule has 2 aromatic rings. The Morgan fingerprint density at radius 1 is 1.14 bits per heavy atom. The van der Waals surface area contributed by atoms with Crippen LogP contribution in [0.5, 0.6) is 5.75 Å². The number of alkyl halides is 3. The van der Waals surface area contributed by atoms with E-state index in [0.717, 1.165) is 48.4 Å². The Morgan fingerprint density at radius 3 is 2.61 bits per heavy atom. The van der Waals surface area contributed by atoms with E-state index in [9.17, 15) is 13.2 Å². The van der Waals surface area contributed by atoms with Crippen molar-refractivity contribution in [2.75, 3.05) is 16.8 Å². The lowest BCUT2D eigenvalue weighted by Gasteiger charge is -2.30. The van der Waals surface area contributed by atoms with Crippen molar-refractivity contribution in [3.63, 3.8) is 0 Å². The summed E-state index contributed by atoms with van der Waals surface area (Å²) in [5.74, 6) is 1.72. The third-order valence-corrected chi connectivity index (χ3v) is 4.89. The van der Waals surface area contributed by atoms with Gasteiger partial charge in [-0.05, 0) is 56.4 Å². The van der Waals surface area contributed by atoms with Crippen LogP contribution in [0, 0.1) is 0 Å². The topological polar surface area (TPSA) is 50.3 Å². The Hall–Kier alpha value is -2.51. The van der Waals surface area contributed by atoms with Gasteiger partial charge in [0.1, 0.15) is 11.6 Å². The normalized spacial score (nSPS) is 16.9. The number of hydrogen-bond donors (Lipinski definition) is 1. The Bertz CT molecular complexity index is 865. The third kappa shape index (κ3) is 4.48. The molecule has 0 atom stereocenters. The van der Waals surface area contributed by atoms with Crippen molar-refractivity contribution in [1.82, 2.24) is 9.97 Å². The minimum atomic E-state index is -4.69. The third-order valence-electron chi connectivity index (χ3n) is 4.89. The Morgan fingerprint density at radius 2 is 1.93 bits per heavy atom. The van der Waals surface area contributed by atoms with E-state index >= 15 is 0 Å². The van der Waals surface area contributed by atoms with Gasteiger partial charge in [-0.1, -0.05) is 6.07 Å². The molecule has 2 aliphatic rings. The number of halogens is 3. The second-order valence-electron chi connectivity index (χ2n) is 7.70. The number of hydrogen-bond acceptors (Lipinski definition) is 5. The smallest absolute Gasteiger partial charge is 0.406 e. The van der Waals surface area contributed by atoms with Crippen LogP contribution in [-0.4, -0.2) is 28.9 Å². The van der Waals surface area contributed by atoms with Gasteiger partial charge in [0.05, 0.1) is 5.69 Å². The summed E-state index contributed by atoms with van der Waals surface area (Å²) >= 11 is 0. The van der Waals surface area contributed by atoms with Gasteiger partial charge in [-0.2, -0.15) is 4.98 Å². The summed E-state index contributed by atoms with van der Waals surface area (Å²) < 4.78 is 41.7. The molecule has 0 radical (unpaired) electrons. The van der Waals surface area contributed by atoms with Crippen LogP contribution >= 0.6 is 0 Å². The molecule has 1 aliphatic carbocycles. The second-order valence-corrected chi connectivity index (χ2v) is 7.70. The molecule has 8 heteroatoms. The highest BCUT2D eigenvalue weighted by Crippen LogP contribution is 2.40. The molecule has 0 spiro atoms. The summed E-state index contributed by atoms with van der Waals surface area (Å²) in [6.07, 6.45) is -1.67. The molecule has 4 rings (SSSR count). The van der Waals surface area contributed by atoms with Crippen LogP contribution in [0.4, 0.5) is 24.9 Å². The van der Waals surface area contributed by atoms with Crippen molar-refractivity contribution in [2.45, 2.75) is 58.0 Å². The van der Waals surface area contributed by atoms with Crippen molar-refractivity contribution < 1.29 is 17.9 Å². The molecule has 0 saturated heterocycles. The number of anilines is 2. The largest absolute Gasteiger partial charge is 0.573 e. The molecule has 0 amide bonds. The van der Waals surface area contributed by atoms with Gasteiger partial charge in [-0.25, -0.2) is 4.98 Å². The van der Waals surface area contributed by atoms with E-state index in [4.69, 9.17) is 0 Å². The lowest BCUT2D eigenvalue weighted by molar-refractivity contribution is -0.274. The van der Waals surface area contributed by atoms with Crippen LogP contribution in [0.2, 0.25) is 0 Å². The molecule has 2 heterocycles. The first-order valence-electron chi connectivity index (χ1n) is 9.55. The minimum Gasteiger partial charge on any atom is -0.406 e. The Labute approximate surface area is 161 Å². The first kappa shape index (κ1) is 18.8. The van der Waals surface area contributed by atoms with Gasteiger partial charge in [-0.15, -0.1) is 13.2 Å². The lowest BCUT2D eigenvalue weighted by atomic mass is 9.99. The predicted octanol–water partition coefficient (Wildman–Crippen LogP) is 4.64. The Kier molecular flexibility index (Phi) is 4.81. The summed E-state index contributed by atoms with van der Waals surface area (Å²) in [6.45, 7) is 5.32. The average Bonchev–Trinajstić information content (AvgIpc) is 3.44. The van der Waals surface area contributed by atoms with Crippen LogP contribution < -0.4 is 15.0 Å². The van der Waals surface area contributed by atoms with Crippen molar-refractivity contribution in [2.24, 2.45) is 0 Å². The van der Waals surface area contributed by atoms with Crippen LogP contribution in [0.15, 0.2) is 24.3 Å². The highest BCUT2D eigenvalue weighted by atomic mass is 19.4. The number of ether oxygens (including phenoxy) is 1. The fourth-order valence-electron chi connectivity index (χ4n) is 3.45. The number of rotatable bonds is 5. The van der Waals surface area contributed by atoms with E-state index in [2.05, 4.69) is 24.9 Å². The lowest BCUT2D eigenvalue weighted by Crippen LogP contribution is -2.31. The molecular formula is C20H23F3N4O. The van der Waals surface area contributed by atoms with Crippen molar-refractivity contribution >= 4 is 11.8 Å².